The Hall–Kier alpha value is -2.07. The van der Waals surface area contributed by atoms with E-state index in [-0.39, 0.29) is 6.42 Å². The van der Waals surface area contributed by atoms with Crippen LogP contribution in [0.4, 0.5) is 0 Å². The molecule has 1 aromatic carbocycles. The average molecular weight is 273 g/mol. The standard InChI is InChI=1S/C16H19NO3/c1-12-3-5-13(6-4-12)15-8-7-14(20-15)11-17(2)10-9-16(18)19/h3-8H,9-11H2,1-2H3,(H,18,19). The SMILES string of the molecule is Cc1ccc(-c2ccc(CN(C)CCC(=O)O)o2)cc1. The predicted octanol–water partition coefficient (Wildman–Crippen LogP) is 3.16. The van der Waals surface area contributed by atoms with Crippen LogP contribution in [0, 0.1) is 6.92 Å². The molecule has 0 radical (unpaired) electrons. The van der Waals surface area contributed by atoms with Gasteiger partial charge in [-0.05, 0) is 26.1 Å². The van der Waals surface area contributed by atoms with Crippen molar-refractivity contribution >= 4 is 5.97 Å². The number of hydrogen-bond acceptors (Lipinski definition) is 3. The third-order valence-electron chi connectivity index (χ3n) is 3.13. The number of aliphatic carboxylic acids is 1. The summed E-state index contributed by atoms with van der Waals surface area (Å²) in [4.78, 5) is 12.5. The fraction of sp³-hybridized carbons (Fsp3) is 0.312. The van der Waals surface area contributed by atoms with Gasteiger partial charge in [0, 0.05) is 12.1 Å². The van der Waals surface area contributed by atoms with Gasteiger partial charge in [-0.25, -0.2) is 0 Å². The van der Waals surface area contributed by atoms with Gasteiger partial charge in [-0.2, -0.15) is 0 Å². The van der Waals surface area contributed by atoms with Crippen LogP contribution in [0.5, 0.6) is 0 Å². The molecule has 0 unspecified atom stereocenters. The molecule has 2 rings (SSSR count). The monoisotopic (exact) mass is 273 g/mol. The second kappa shape index (κ2) is 6.39. The number of nitrogens with zero attached hydrogens (tertiary/aromatic N) is 1. The normalized spacial score (nSPS) is 10.9. The van der Waals surface area contributed by atoms with Crippen molar-refractivity contribution in [3.05, 3.63) is 47.7 Å². The van der Waals surface area contributed by atoms with Crippen LogP contribution in [0.15, 0.2) is 40.8 Å². The van der Waals surface area contributed by atoms with Crippen LogP contribution < -0.4 is 0 Å². The van der Waals surface area contributed by atoms with Crippen molar-refractivity contribution < 1.29 is 14.3 Å². The fourth-order valence-electron chi connectivity index (χ4n) is 1.97. The Morgan fingerprint density at radius 2 is 1.90 bits per heavy atom. The first kappa shape index (κ1) is 14.3. The number of carboxylic acids is 1. The lowest BCUT2D eigenvalue weighted by molar-refractivity contribution is -0.137. The van der Waals surface area contributed by atoms with Crippen LogP contribution in [-0.4, -0.2) is 29.6 Å². The zero-order chi connectivity index (χ0) is 14.5. The lowest BCUT2D eigenvalue weighted by Crippen LogP contribution is -2.20. The predicted molar refractivity (Wildman–Crippen MR) is 77.5 cm³/mol. The van der Waals surface area contributed by atoms with Crippen molar-refractivity contribution in [2.75, 3.05) is 13.6 Å². The first-order valence-corrected chi connectivity index (χ1v) is 6.60. The van der Waals surface area contributed by atoms with Gasteiger partial charge in [0.25, 0.3) is 0 Å². The molecule has 0 bridgehead atoms. The van der Waals surface area contributed by atoms with Gasteiger partial charge in [-0.15, -0.1) is 0 Å². The molecule has 1 aromatic heterocycles. The van der Waals surface area contributed by atoms with Gasteiger partial charge in [0.15, 0.2) is 0 Å². The maximum absolute atomic E-state index is 10.5. The Morgan fingerprint density at radius 1 is 1.20 bits per heavy atom. The maximum atomic E-state index is 10.5. The van der Waals surface area contributed by atoms with Crippen molar-refractivity contribution in [3.63, 3.8) is 0 Å². The number of furan rings is 1. The van der Waals surface area contributed by atoms with E-state index in [0.717, 1.165) is 17.1 Å². The van der Waals surface area contributed by atoms with Crippen LogP contribution >= 0.6 is 0 Å². The molecule has 0 atom stereocenters. The smallest absolute Gasteiger partial charge is 0.304 e. The largest absolute Gasteiger partial charge is 0.481 e. The molecule has 1 N–H and O–H groups in total. The van der Waals surface area contributed by atoms with Crippen molar-refractivity contribution in [2.45, 2.75) is 19.9 Å². The molecule has 4 nitrogen and oxygen atoms in total. The number of rotatable bonds is 6. The summed E-state index contributed by atoms with van der Waals surface area (Å²) in [7, 11) is 1.89. The molecule has 0 spiro atoms. The number of carbonyl (C=O) groups is 1. The van der Waals surface area contributed by atoms with Gasteiger partial charge in [0.1, 0.15) is 11.5 Å². The van der Waals surface area contributed by atoms with Crippen LogP contribution in [0.3, 0.4) is 0 Å². The molecule has 0 saturated carbocycles. The molecule has 1 heterocycles. The third kappa shape index (κ3) is 3.96. The second-order valence-corrected chi connectivity index (χ2v) is 5.01. The summed E-state index contributed by atoms with van der Waals surface area (Å²) in [5, 5.41) is 8.65. The van der Waals surface area contributed by atoms with Gasteiger partial charge in [0.05, 0.1) is 13.0 Å². The quantitative estimate of drug-likeness (QED) is 0.878. The summed E-state index contributed by atoms with van der Waals surface area (Å²) in [5.41, 5.74) is 2.27. The molecule has 0 aliphatic heterocycles. The Bertz CT molecular complexity index is 572. The lowest BCUT2D eigenvalue weighted by atomic mass is 10.1. The topological polar surface area (TPSA) is 53.7 Å². The average Bonchev–Trinajstić information content (AvgIpc) is 2.85. The van der Waals surface area contributed by atoms with E-state index < -0.39 is 5.97 Å². The van der Waals surface area contributed by atoms with Crippen LogP contribution in [0.1, 0.15) is 17.7 Å². The van der Waals surface area contributed by atoms with Gasteiger partial charge in [-0.3, -0.25) is 9.69 Å². The van der Waals surface area contributed by atoms with Crippen molar-refractivity contribution in [1.29, 1.82) is 0 Å². The molecule has 20 heavy (non-hydrogen) atoms. The van der Waals surface area contributed by atoms with Crippen LogP contribution in [0.2, 0.25) is 0 Å². The van der Waals surface area contributed by atoms with Crippen LogP contribution in [-0.2, 0) is 11.3 Å². The Labute approximate surface area is 118 Å². The Balaban J connectivity index is 1.98. The minimum atomic E-state index is -0.781. The fourth-order valence-corrected chi connectivity index (χ4v) is 1.97. The molecule has 2 aromatic rings. The van der Waals surface area contributed by atoms with Gasteiger partial charge < -0.3 is 9.52 Å². The highest BCUT2D eigenvalue weighted by atomic mass is 16.4. The zero-order valence-electron chi connectivity index (χ0n) is 11.8. The van der Waals surface area contributed by atoms with Crippen molar-refractivity contribution in [3.8, 4) is 11.3 Å². The second-order valence-electron chi connectivity index (χ2n) is 5.01. The summed E-state index contributed by atoms with van der Waals surface area (Å²) >= 11 is 0. The van der Waals surface area contributed by atoms with E-state index in [4.69, 9.17) is 9.52 Å². The lowest BCUT2D eigenvalue weighted by Gasteiger charge is -2.13. The number of carboxylic acid groups (broad SMARTS) is 1. The van der Waals surface area contributed by atoms with E-state index in [1.807, 2.05) is 36.2 Å². The molecule has 0 aliphatic carbocycles. The van der Waals surface area contributed by atoms with Crippen molar-refractivity contribution in [1.82, 2.24) is 4.90 Å². The molecular weight excluding hydrogens is 254 g/mol. The Kier molecular flexibility index (Phi) is 4.58. The van der Waals surface area contributed by atoms with E-state index in [0.29, 0.717) is 13.1 Å². The van der Waals surface area contributed by atoms with Gasteiger partial charge in [-0.1, -0.05) is 29.8 Å². The Morgan fingerprint density at radius 3 is 2.55 bits per heavy atom. The molecule has 0 saturated heterocycles. The maximum Gasteiger partial charge on any atom is 0.304 e. The summed E-state index contributed by atoms with van der Waals surface area (Å²) in [6.07, 6.45) is 0.141. The van der Waals surface area contributed by atoms with Crippen molar-refractivity contribution in [2.24, 2.45) is 0 Å². The first-order valence-electron chi connectivity index (χ1n) is 6.60. The third-order valence-corrected chi connectivity index (χ3v) is 3.13. The highest BCUT2D eigenvalue weighted by Crippen LogP contribution is 2.23. The summed E-state index contributed by atoms with van der Waals surface area (Å²) < 4.78 is 5.80. The number of hydrogen-bond donors (Lipinski definition) is 1. The van der Waals surface area contributed by atoms with E-state index >= 15 is 0 Å². The minimum Gasteiger partial charge on any atom is -0.481 e. The molecular formula is C16H19NO3. The highest BCUT2D eigenvalue weighted by molar-refractivity contribution is 5.66. The number of aryl methyl sites for hydroxylation is 1. The summed E-state index contributed by atoms with van der Waals surface area (Å²) in [6, 6.07) is 12.1. The highest BCUT2D eigenvalue weighted by Gasteiger charge is 2.08. The minimum absolute atomic E-state index is 0.141. The number of benzene rings is 1. The molecule has 0 amide bonds. The van der Waals surface area contributed by atoms with E-state index in [2.05, 4.69) is 19.1 Å². The molecule has 4 heteroatoms. The van der Waals surface area contributed by atoms with E-state index in [9.17, 15) is 4.79 Å². The van der Waals surface area contributed by atoms with E-state index in [1.54, 1.807) is 0 Å². The summed E-state index contributed by atoms with van der Waals surface area (Å²) in [6.45, 7) is 3.17. The molecule has 0 fully saturated rings. The van der Waals surface area contributed by atoms with E-state index in [1.165, 1.54) is 5.56 Å². The molecule has 106 valence electrons. The zero-order valence-corrected chi connectivity index (χ0v) is 11.8. The van der Waals surface area contributed by atoms with Gasteiger partial charge >= 0.3 is 5.97 Å². The summed E-state index contributed by atoms with van der Waals surface area (Å²) in [5.74, 6) is 0.900. The first-order chi connectivity index (χ1) is 9.54. The van der Waals surface area contributed by atoms with Gasteiger partial charge in [0.2, 0.25) is 0 Å². The van der Waals surface area contributed by atoms with Crippen LogP contribution in [0.25, 0.3) is 11.3 Å². The molecule has 0 aliphatic rings.